The normalized spacial score (nSPS) is 16.6. The molecule has 0 spiro atoms. The van der Waals surface area contributed by atoms with Crippen LogP contribution in [0.1, 0.15) is 51.5 Å². The number of hydrogen-bond acceptors (Lipinski definition) is 1. The Hall–Kier alpha value is -0.340. The van der Waals surface area contributed by atoms with Gasteiger partial charge in [-0.05, 0) is 61.8 Å². The van der Waals surface area contributed by atoms with E-state index in [9.17, 15) is 0 Å². The molecule has 0 amide bonds. The van der Waals surface area contributed by atoms with Crippen molar-refractivity contribution in [2.75, 3.05) is 6.54 Å². The van der Waals surface area contributed by atoms with Gasteiger partial charge in [0.25, 0.3) is 0 Å². The maximum absolute atomic E-state index is 3.72. The molecule has 0 saturated heterocycles. The highest BCUT2D eigenvalue weighted by molar-refractivity contribution is 9.10. The lowest BCUT2D eigenvalue weighted by molar-refractivity contribution is 0.405. The zero-order valence-corrected chi connectivity index (χ0v) is 14.5. The Bertz CT molecular complexity index is 381. The Balaban J connectivity index is 1.81. The largest absolute Gasteiger partial charge is 0.314 e. The molecule has 1 unspecified atom stereocenters. The molecule has 1 N–H and O–H groups in total. The van der Waals surface area contributed by atoms with Gasteiger partial charge in [0, 0.05) is 10.5 Å². The lowest BCUT2D eigenvalue weighted by Crippen LogP contribution is -2.26. The smallest absolute Gasteiger partial charge is 0.0175 e. The molecule has 0 bridgehead atoms. The van der Waals surface area contributed by atoms with E-state index in [1.165, 1.54) is 55.1 Å². The van der Waals surface area contributed by atoms with E-state index in [4.69, 9.17) is 0 Å². The van der Waals surface area contributed by atoms with Gasteiger partial charge in [-0.1, -0.05) is 54.8 Å². The van der Waals surface area contributed by atoms with Crippen molar-refractivity contribution in [3.63, 3.8) is 0 Å². The van der Waals surface area contributed by atoms with Crippen LogP contribution in [-0.2, 0) is 6.42 Å². The first-order chi connectivity index (χ1) is 9.63. The second kappa shape index (κ2) is 8.19. The summed E-state index contributed by atoms with van der Waals surface area (Å²) in [6.45, 7) is 5.84. The van der Waals surface area contributed by atoms with Crippen molar-refractivity contribution < 1.29 is 0 Å². The number of benzene rings is 1. The Morgan fingerprint density at radius 2 is 1.85 bits per heavy atom. The van der Waals surface area contributed by atoms with E-state index in [0.717, 1.165) is 17.9 Å². The van der Waals surface area contributed by atoms with Crippen LogP contribution < -0.4 is 5.32 Å². The van der Waals surface area contributed by atoms with Gasteiger partial charge < -0.3 is 5.32 Å². The monoisotopic (exact) mass is 337 g/mol. The summed E-state index contributed by atoms with van der Waals surface area (Å²) in [4.78, 5) is 0. The minimum atomic E-state index is 0.788. The average molecular weight is 338 g/mol. The molecule has 1 aromatic carbocycles. The van der Waals surface area contributed by atoms with Crippen molar-refractivity contribution in [2.24, 2.45) is 11.8 Å². The molecule has 1 nitrogen and oxygen atoms in total. The molecule has 0 aromatic heterocycles. The van der Waals surface area contributed by atoms with E-state index in [1.54, 1.807) is 0 Å². The predicted octanol–water partition coefficient (Wildman–Crippen LogP) is 5.19. The van der Waals surface area contributed by atoms with Crippen LogP contribution in [0.2, 0.25) is 0 Å². The predicted molar refractivity (Wildman–Crippen MR) is 91.0 cm³/mol. The summed E-state index contributed by atoms with van der Waals surface area (Å²) in [5, 5.41) is 3.72. The third-order valence-electron chi connectivity index (χ3n) is 4.10. The van der Waals surface area contributed by atoms with Crippen LogP contribution in [0.15, 0.2) is 28.7 Å². The summed E-state index contributed by atoms with van der Waals surface area (Å²) in [6, 6.07) is 9.67. The van der Waals surface area contributed by atoms with Gasteiger partial charge in [-0.15, -0.1) is 0 Å². The zero-order chi connectivity index (χ0) is 14.4. The average Bonchev–Trinajstić information content (AvgIpc) is 3.22. The van der Waals surface area contributed by atoms with E-state index in [0.29, 0.717) is 0 Å². The third-order valence-corrected chi connectivity index (χ3v) is 4.63. The first kappa shape index (κ1) is 16.0. The number of nitrogens with one attached hydrogen (secondary N) is 1. The van der Waals surface area contributed by atoms with Crippen LogP contribution in [0.25, 0.3) is 0 Å². The molecule has 2 heteroatoms. The second-order valence-electron chi connectivity index (χ2n) is 6.70. The number of halogens is 1. The Kier molecular flexibility index (Phi) is 6.57. The minimum absolute atomic E-state index is 0.788. The quantitative estimate of drug-likeness (QED) is 0.654. The van der Waals surface area contributed by atoms with Crippen molar-refractivity contribution in [3.05, 3.63) is 34.3 Å². The van der Waals surface area contributed by atoms with E-state index in [-0.39, 0.29) is 0 Å². The van der Waals surface area contributed by atoms with Gasteiger partial charge >= 0.3 is 0 Å². The molecule has 0 aliphatic heterocycles. The molecule has 0 radical (unpaired) electrons. The first-order valence-electron chi connectivity index (χ1n) is 8.11. The topological polar surface area (TPSA) is 12.0 Å². The zero-order valence-electron chi connectivity index (χ0n) is 12.9. The lowest BCUT2D eigenvalue weighted by atomic mass is 9.92. The minimum Gasteiger partial charge on any atom is -0.314 e. The van der Waals surface area contributed by atoms with Gasteiger partial charge in [-0.2, -0.15) is 0 Å². The maximum atomic E-state index is 3.72. The summed E-state index contributed by atoms with van der Waals surface area (Å²) < 4.78 is 1.17. The van der Waals surface area contributed by atoms with Gasteiger partial charge in [0.15, 0.2) is 0 Å². The molecular weight excluding hydrogens is 310 g/mol. The number of hydrogen-bond donors (Lipinski definition) is 1. The van der Waals surface area contributed by atoms with E-state index in [1.807, 2.05) is 0 Å². The fourth-order valence-electron chi connectivity index (χ4n) is 2.67. The molecule has 2 rings (SSSR count). The fourth-order valence-corrected chi connectivity index (χ4v) is 2.93. The molecule has 1 aromatic rings. The van der Waals surface area contributed by atoms with Gasteiger partial charge in [0.1, 0.15) is 0 Å². The molecule has 1 aliphatic carbocycles. The molecule has 1 atom stereocenters. The molecular formula is C18H28BrN. The van der Waals surface area contributed by atoms with Crippen LogP contribution in [-0.4, -0.2) is 12.6 Å². The molecule has 1 saturated carbocycles. The molecule has 1 fully saturated rings. The van der Waals surface area contributed by atoms with Crippen LogP contribution in [0.5, 0.6) is 0 Å². The summed E-state index contributed by atoms with van der Waals surface area (Å²) in [6.07, 6.45) is 8.07. The SMILES string of the molecule is CC(C)CCCC(CNC1CC1)Cc1ccc(Br)cc1. The Labute approximate surface area is 132 Å². The number of rotatable bonds is 9. The van der Waals surface area contributed by atoms with Crippen molar-refractivity contribution in [3.8, 4) is 0 Å². The fraction of sp³-hybridized carbons (Fsp3) is 0.667. The van der Waals surface area contributed by atoms with Crippen LogP contribution >= 0.6 is 15.9 Å². The van der Waals surface area contributed by atoms with Crippen molar-refractivity contribution >= 4 is 15.9 Å². The van der Waals surface area contributed by atoms with Crippen molar-refractivity contribution in [2.45, 2.75) is 58.4 Å². The molecule has 1 aliphatic rings. The summed E-state index contributed by atoms with van der Waals surface area (Å²) >= 11 is 3.52. The van der Waals surface area contributed by atoms with E-state index >= 15 is 0 Å². The highest BCUT2D eigenvalue weighted by Crippen LogP contribution is 2.22. The molecule has 112 valence electrons. The summed E-state index contributed by atoms with van der Waals surface area (Å²) in [5.74, 6) is 1.62. The summed E-state index contributed by atoms with van der Waals surface area (Å²) in [7, 11) is 0. The maximum Gasteiger partial charge on any atom is 0.0175 e. The van der Waals surface area contributed by atoms with Gasteiger partial charge in [-0.25, -0.2) is 0 Å². The third kappa shape index (κ3) is 6.41. The standard InChI is InChI=1S/C18H28BrN/c1-14(2)4-3-5-16(13-20-18-10-11-18)12-15-6-8-17(19)9-7-15/h6-9,14,16,18,20H,3-5,10-13H2,1-2H3. The first-order valence-corrected chi connectivity index (χ1v) is 8.90. The highest BCUT2D eigenvalue weighted by Gasteiger charge is 2.21. The van der Waals surface area contributed by atoms with Gasteiger partial charge in [0.05, 0.1) is 0 Å². The van der Waals surface area contributed by atoms with Crippen molar-refractivity contribution in [1.29, 1.82) is 0 Å². The van der Waals surface area contributed by atoms with Crippen LogP contribution in [0.3, 0.4) is 0 Å². The second-order valence-corrected chi connectivity index (χ2v) is 7.62. The van der Waals surface area contributed by atoms with E-state index < -0.39 is 0 Å². The van der Waals surface area contributed by atoms with Crippen molar-refractivity contribution in [1.82, 2.24) is 5.32 Å². The Morgan fingerprint density at radius 1 is 1.15 bits per heavy atom. The molecule has 20 heavy (non-hydrogen) atoms. The molecule has 0 heterocycles. The highest BCUT2D eigenvalue weighted by atomic mass is 79.9. The lowest BCUT2D eigenvalue weighted by Gasteiger charge is -2.18. The summed E-state index contributed by atoms with van der Waals surface area (Å²) in [5.41, 5.74) is 1.47. The van der Waals surface area contributed by atoms with Gasteiger partial charge in [0.2, 0.25) is 0 Å². The van der Waals surface area contributed by atoms with E-state index in [2.05, 4.69) is 59.4 Å². The van der Waals surface area contributed by atoms with Crippen LogP contribution in [0, 0.1) is 11.8 Å². The van der Waals surface area contributed by atoms with Gasteiger partial charge in [-0.3, -0.25) is 0 Å². The van der Waals surface area contributed by atoms with Crippen LogP contribution in [0.4, 0.5) is 0 Å². The Morgan fingerprint density at radius 3 is 2.45 bits per heavy atom.